The van der Waals surface area contributed by atoms with Crippen LogP contribution >= 0.6 is 15.9 Å². The van der Waals surface area contributed by atoms with Gasteiger partial charge in [0.25, 0.3) is 5.91 Å². The van der Waals surface area contributed by atoms with Crippen molar-refractivity contribution in [2.45, 2.75) is 12.7 Å². The highest BCUT2D eigenvalue weighted by Crippen LogP contribution is 2.40. The Bertz CT molecular complexity index is 1400. The lowest BCUT2D eigenvalue weighted by atomic mass is 9.98. The molecule has 1 amide bonds. The van der Waals surface area contributed by atoms with E-state index in [0.717, 1.165) is 27.2 Å². The molecule has 9 heteroatoms. The van der Waals surface area contributed by atoms with Gasteiger partial charge >= 0.3 is 6.18 Å². The molecular weight excluding hydrogens is 497 g/mol. The number of rotatable bonds is 3. The number of amides is 1. The van der Waals surface area contributed by atoms with Gasteiger partial charge in [-0.3, -0.25) is 4.79 Å². The summed E-state index contributed by atoms with van der Waals surface area (Å²) in [5, 5.41) is 8.15. The summed E-state index contributed by atoms with van der Waals surface area (Å²) < 4.78 is 43.1. The van der Waals surface area contributed by atoms with Gasteiger partial charge in [0.2, 0.25) is 0 Å². The Labute approximate surface area is 195 Å². The largest absolute Gasteiger partial charge is 0.416 e. The molecule has 0 unspecified atom stereocenters. The van der Waals surface area contributed by atoms with E-state index in [1.807, 2.05) is 31.3 Å². The van der Waals surface area contributed by atoms with Gasteiger partial charge in [0, 0.05) is 28.3 Å². The number of fused-ring (bicyclic) bond motifs is 1. The number of nitrogens with zero attached hydrogens (tertiary/aromatic N) is 4. The highest BCUT2D eigenvalue weighted by molar-refractivity contribution is 9.10. The van der Waals surface area contributed by atoms with E-state index in [9.17, 15) is 18.0 Å². The molecule has 0 saturated heterocycles. The predicted octanol–water partition coefficient (Wildman–Crippen LogP) is 6.09. The first kappa shape index (κ1) is 21.4. The van der Waals surface area contributed by atoms with Crippen molar-refractivity contribution in [1.29, 1.82) is 0 Å². The van der Waals surface area contributed by atoms with Crippen LogP contribution in [0.5, 0.6) is 0 Å². The molecule has 0 saturated carbocycles. The number of benzene rings is 3. The molecule has 0 bridgehead atoms. The van der Waals surface area contributed by atoms with E-state index < -0.39 is 17.6 Å². The molecule has 0 radical (unpaired) electrons. The number of aromatic nitrogens is 3. The molecule has 4 aromatic rings. The van der Waals surface area contributed by atoms with Crippen LogP contribution in [0.15, 0.2) is 71.5 Å². The third-order valence-electron chi connectivity index (χ3n) is 5.68. The second kappa shape index (κ2) is 7.84. The first-order chi connectivity index (χ1) is 15.7. The zero-order valence-corrected chi connectivity index (χ0v) is 18.9. The van der Waals surface area contributed by atoms with Gasteiger partial charge in [0.1, 0.15) is 6.33 Å². The molecule has 1 aliphatic rings. The van der Waals surface area contributed by atoms with Crippen LogP contribution in [0, 0.1) is 0 Å². The molecule has 1 aliphatic heterocycles. The molecule has 2 heterocycles. The van der Waals surface area contributed by atoms with Crippen LogP contribution in [0.1, 0.15) is 21.5 Å². The Hall–Kier alpha value is -3.46. The first-order valence-electron chi connectivity index (χ1n) is 9.99. The van der Waals surface area contributed by atoms with E-state index in [1.165, 1.54) is 17.0 Å². The van der Waals surface area contributed by atoms with E-state index in [1.54, 1.807) is 29.1 Å². The third kappa shape index (κ3) is 3.72. The number of carbonyl (C=O) groups excluding carboxylic acids is 1. The van der Waals surface area contributed by atoms with Gasteiger partial charge in [0.15, 0.2) is 5.82 Å². The van der Waals surface area contributed by atoms with Gasteiger partial charge in [-0.05, 0) is 59.2 Å². The highest BCUT2D eigenvalue weighted by Gasteiger charge is 2.39. The van der Waals surface area contributed by atoms with Crippen LogP contribution in [0.2, 0.25) is 0 Å². The smallest absolute Gasteiger partial charge is 0.317 e. The summed E-state index contributed by atoms with van der Waals surface area (Å²) >= 11 is 3.50. The monoisotopic (exact) mass is 512 g/mol. The van der Waals surface area contributed by atoms with Crippen molar-refractivity contribution in [3.05, 3.63) is 88.2 Å². The van der Waals surface area contributed by atoms with E-state index in [2.05, 4.69) is 26.1 Å². The Morgan fingerprint density at radius 1 is 0.970 bits per heavy atom. The van der Waals surface area contributed by atoms with Crippen molar-refractivity contribution in [2.75, 3.05) is 4.90 Å². The van der Waals surface area contributed by atoms with Crippen LogP contribution in [0.4, 0.5) is 18.9 Å². The summed E-state index contributed by atoms with van der Waals surface area (Å²) in [5.41, 5.74) is 2.31. The minimum absolute atomic E-state index is 0.00244. The lowest BCUT2D eigenvalue weighted by molar-refractivity contribution is -0.138. The SMILES string of the molecule is Cn1cnnc1-c1ccc(Br)cc1-c1cccc(N2Cc3c(cccc3C(F)(F)F)C2=O)c1. The quantitative estimate of drug-likeness (QED) is 0.333. The molecule has 0 spiro atoms. The molecule has 0 atom stereocenters. The van der Waals surface area contributed by atoms with E-state index in [-0.39, 0.29) is 17.7 Å². The first-order valence-corrected chi connectivity index (χ1v) is 10.8. The number of anilines is 1. The summed E-state index contributed by atoms with van der Waals surface area (Å²) in [4.78, 5) is 14.4. The molecule has 33 heavy (non-hydrogen) atoms. The van der Waals surface area contributed by atoms with Crippen LogP contribution in [0.25, 0.3) is 22.5 Å². The molecular formula is C24H16BrF3N4O. The zero-order chi connectivity index (χ0) is 23.3. The standard InChI is InChI=1S/C24H16BrF3N4O/c1-31-13-29-30-22(31)17-9-8-15(25)11-19(17)14-4-2-5-16(10-14)32-12-20-18(23(32)33)6-3-7-21(20)24(26,27)28/h2-11,13H,12H2,1H3. The number of carbonyl (C=O) groups is 1. The molecule has 5 rings (SSSR count). The van der Waals surface area contributed by atoms with Crippen LogP contribution in [-0.2, 0) is 19.8 Å². The molecule has 1 aromatic heterocycles. The summed E-state index contributed by atoms with van der Waals surface area (Å²) in [6.07, 6.45) is -2.92. The van der Waals surface area contributed by atoms with Crippen molar-refractivity contribution in [3.8, 4) is 22.5 Å². The second-order valence-corrected chi connectivity index (χ2v) is 8.64. The lowest BCUT2D eigenvalue weighted by Gasteiger charge is -2.18. The lowest BCUT2D eigenvalue weighted by Crippen LogP contribution is -2.23. The van der Waals surface area contributed by atoms with Crippen LogP contribution in [-0.4, -0.2) is 20.7 Å². The van der Waals surface area contributed by atoms with Crippen LogP contribution < -0.4 is 4.90 Å². The number of hydrogen-bond acceptors (Lipinski definition) is 3. The Morgan fingerprint density at radius 2 is 1.76 bits per heavy atom. The van der Waals surface area contributed by atoms with Gasteiger partial charge in [-0.1, -0.05) is 34.1 Å². The number of alkyl halides is 3. The summed E-state index contributed by atoms with van der Waals surface area (Å²) in [5.74, 6) is 0.221. The maximum Gasteiger partial charge on any atom is 0.416 e. The second-order valence-electron chi connectivity index (χ2n) is 7.73. The van der Waals surface area contributed by atoms with Crippen molar-refractivity contribution in [3.63, 3.8) is 0 Å². The van der Waals surface area contributed by atoms with E-state index in [4.69, 9.17) is 0 Å². The number of aryl methyl sites for hydroxylation is 1. The van der Waals surface area contributed by atoms with Crippen molar-refractivity contribution >= 4 is 27.5 Å². The fourth-order valence-corrected chi connectivity index (χ4v) is 4.49. The van der Waals surface area contributed by atoms with Gasteiger partial charge in [-0.15, -0.1) is 10.2 Å². The Balaban J connectivity index is 1.58. The highest BCUT2D eigenvalue weighted by atomic mass is 79.9. The fraction of sp³-hybridized carbons (Fsp3) is 0.125. The molecule has 0 fully saturated rings. The molecule has 166 valence electrons. The van der Waals surface area contributed by atoms with Gasteiger partial charge in [0.05, 0.1) is 12.1 Å². The number of hydrogen-bond donors (Lipinski definition) is 0. The molecule has 3 aromatic carbocycles. The zero-order valence-electron chi connectivity index (χ0n) is 17.3. The molecule has 5 nitrogen and oxygen atoms in total. The Morgan fingerprint density at radius 3 is 2.48 bits per heavy atom. The number of halogens is 4. The van der Waals surface area contributed by atoms with Crippen LogP contribution in [0.3, 0.4) is 0 Å². The average Bonchev–Trinajstić information content (AvgIpc) is 3.36. The minimum Gasteiger partial charge on any atom is -0.317 e. The van der Waals surface area contributed by atoms with Gasteiger partial charge in [-0.2, -0.15) is 13.2 Å². The van der Waals surface area contributed by atoms with E-state index in [0.29, 0.717) is 11.5 Å². The normalized spacial score (nSPS) is 13.5. The maximum absolute atomic E-state index is 13.5. The maximum atomic E-state index is 13.5. The Kier molecular flexibility index (Phi) is 5.08. The topological polar surface area (TPSA) is 51.0 Å². The van der Waals surface area contributed by atoms with Gasteiger partial charge in [-0.25, -0.2) is 0 Å². The van der Waals surface area contributed by atoms with Crippen molar-refractivity contribution < 1.29 is 18.0 Å². The summed E-state index contributed by atoms with van der Waals surface area (Å²) in [6.45, 7) is -0.137. The predicted molar refractivity (Wildman–Crippen MR) is 122 cm³/mol. The molecule has 0 N–H and O–H groups in total. The minimum atomic E-state index is -4.52. The van der Waals surface area contributed by atoms with Crippen molar-refractivity contribution in [2.24, 2.45) is 7.05 Å². The van der Waals surface area contributed by atoms with E-state index >= 15 is 0 Å². The average molecular weight is 513 g/mol. The summed E-state index contributed by atoms with van der Waals surface area (Å²) in [7, 11) is 1.84. The summed E-state index contributed by atoms with van der Waals surface area (Å²) in [6, 6.07) is 16.7. The molecule has 0 aliphatic carbocycles. The third-order valence-corrected chi connectivity index (χ3v) is 6.17. The van der Waals surface area contributed by atoms with Crippen molar-refractivity contribution in [1.82, 2.24) is 14.8 Å². The van der Waals surface area contributed by atoms with Gasteiger partial charge < -0.3 is 9.47 Å². The fourth-order valence-electron chi connectivity index (χ4n) is 4.13.